The smallest absolute Gasteiger partial charge is 0.265 e. The molecule has 1 aliphatic heterocycles. The Bertz CT molecular complexity index is 1380. The van der Waals surface area contributed by atoms with Crippen molar-refractivity contribution in [1.82, 2.24) is 10.2 Å². The summed E-state index contributed by atoms with van der Waals surface area (Å²) in [4.78, 5) is 28.0. The van der Waals surface area contributed by atoms with Crippen molar-refractivity contribution >= 4 is 38.3 Å². The minimum Gasteiger partial charge on any atom is -0.497 e. The van der Waals surface area contributed by atoms with Crippen LogP contribution in [0.25, 0.3) is 10.8 Å². The molecule has 0 spiro atoms. The van der Waals surface area contributed by atoms with Crippen molar-refractivity contribution in [3.63, 3.8) is 0 Å². The molecule has 1 atom stereocenters. The van der Waals surface area contributed by atoms with Crippen LogP contribution in [-0.4, -0.2) is 51.4 Å². The Labute approximate surface area is 218 Å². The molecule has 0 saturated carbocycles. The largest absolute Gasteiger partial charge is 0.497 e. The Morgan fingerprint density at radius 3 is 2.43 bits per heavy atom. The Kier molecular flexibility index (Phi) is 8.02. The molecule has 2 amide bonds. The first-order chi connectivity index (χ1) is 17.8. The van der Waals surface area contributed by atoms with Crippen LogP contribution in [-0.2, 0) is 26.2 Å². The van der Waals surface area contributed by atoms with E-state index in [1.807, 2.05) is 49.4 Å². The fourth-order valence-corrected chi connectivity index (χ4v) is 6.37. The standard InChI is InChI=1S/C28H33N3O5S/c1-4-17-29-28(33)20(2)30(19-21-13-15-23(36-3)16-14-21)26(32)12-7-18-31-24-10-5-8-22-9-6-11-25(27(22)24)37(31,34)35/h5-6,8-11,13-16,20H,4,7,12,17-19H2,1-3H3,(H,29,33)/t20-/m1/s1. The Morgan fingerprint density at radius 1 is 1.05 bits per heavy atom. The highest BCUT2D eigenvalue weighted by atomic mass is 32.2. The van der Waals surface area contributed by atoms with E-state index in [2.05, 4.69) is 5.32 Å². The fraction of sp³-hybridized carbons (Fsp3) is 0.357. The lowest BCUT2D eigenvalue weighted by molar-refractivity contribution is -0.140. The number of hydrogen-bond acceptors (Lipinski definition) is 5. The van der Waals surface area contributed by atoms with E-state index in [0.29, 0.717) is 29.3 Å². The molecule has 0 aliphatic carbocycles. The summed E-state index contributed by atoms with van der Waals surface area (Å²) in [5.74, 6) is 0.286. The van der Waals surface area contributed by atoms with Crippen LogP contribution in [0.3, 0.4) is 0 Å². The van der Waals surface area contributed by atoms with Crippen molar-refractivity contribution in [1.29, 1.82) is 0 Å². The Morgan fingerprint density at radius 2 is 1.76 bits per heavy atom. The number of carbonyl (C=O) groups is 2. The first-order valence-electron chi connectivity index (χ1n) is 12.5. The van der Waals surface area contributed by atoms with E-state index in [0.717, 1.165) is 22.8 Å². The molecule has 0 fully saturated rings. The SMILES string of the molecule is CCCNC(=O)[C@@H](C)N(Cc1ccc(OC)cc1)C(=O)CCCN1c2cccc3cccc(c23)S1(=O)=O. The maximum absolute atomic E-state index is 13.4. The van der Waals surface area contributed by atoms with Gasteiger partial charge in [0.15, 0.2) is 0 Å². The monoisotopic (exact) mass is 523 g/mol. The zero-order valence-corrected chi connectivity index (χ0v) is 22.3. The number of methoxy groups -OCH3 is 1. The molecule has 8 nitrogen and oxygen atoms in total. The summed E-state index contributed by atoms with van der Waals surface area (Å²) >= 11 is 0. The lowest BCUT2D eigenvalue weighted by Gasteiger charge is -2.29. The van der Waals surface area contributed by atoms with Gasteiger partial charge >= 0.3 is 0 Å². The second-order valence-electron chi connectivity index (χ2n) is 9.15. The van der Waals surface area contributed by atoms with Crippen LogP contribution >= 0.6 is 0 Å². The third-order valence-electron chi connectivity index (χ3n) is 6.66. The highest BCUT2D eigenvalue weighted by Crippen LogP contribution is 2.42. The van der Waals surface area contributed by atoms with Crippen LogP contribution in [0.4, 0.5) is 5.69 Å². The van der Waals surface area contributed by atoms with Gasteiger partial charge in [-0.2, -0.15) is 0 Å². The van der Waals surface area contributed by atoms with Crippen LogP contribution in [0.15, 0.2) is 65.6 Å². The van der Waals surface area contributed by atoms with Crippen molar-refractivity contribution in [2.24, 2.45) is 0 Å². The van der Waals surface area contributed by atoms with Crippen LogP contribution in [0.5, 0.6) is 5.75 Å². The van der Waals surface area contributed by atoms with Gasteiger partial charge in [-0.25, -0.2) is 8.42 Å². The van der Waals surface area contributed by atoms with Crippen molar-refractivity contribution in [2.45, 2.75) is 50.6 Å². The summed E-state index contributed by atoms with van der Waals surface area (Å²) in [6, 6.07) is 17.5. The molecule has 9 heteroatoms. The fourth-order valence-electron chi connectivity index (χ4n) is 4.62. The number of amides is 2. The summed E-state index contributed by atoms with van der Waals surface area (Å²) in [5.41, 5.74) is 1.51. The maximum atomic E-state index is 13.4. The summed E-state index contributed by atoms with van der Waals surface area (Å²) in [7, 11) is -2.09. The maximum Gasteiger partial charge on any atom is 0.265 e. The normalized spacial score (nSPS) is 14.4. The van der Waals surface area contributed by atoms with E-state index in [9.17, 15) is 18.0 Å². The first-order valence-corrected chi connectivity index (χ1v) is 14.0. The third-order valence-corrected chi connectivity index (χ3v) is 8.52. The van der Waals surface area contributed by atoms with Crippen LogP contribution in [0.2, 0.25) is 0 Å². The van der Waals surface area contributed by atoms with Gasteiger partial charge in [0.05, 0.1) is 17.7 Å². The van der Waals surface area contributed by atoms with Crippen molar-refractivity contribution in [3.05, 3.63) is 66.2 Å². The number of ether oxygens (including phenoxy) is 1. The Balaban J connectivity index is 1.48. The molecule has 0 unspecified atom stereocenters. The molecule has 0 bridgehead atoms. The lowest BCUT2D eigenvalue weighted by Crippen LogP contribution is -2.47. The molecule has 4 rings (SSSR count). The summed E-state index contributed by atoms with van der Waals surface area (Å²) in [5, 5.41) is 4.46. The van der Waals surface area contributed by atoms with Gasteiger partial charge in [-0.05, 0) is 55.0 Å². The number of nitrogens with zero attached hydrogens (tertiary/aromatic N) is 2. The Hall–Kier alpha value is -3.59. The number of hydrogen-bond donors (Lipinski definition) is 1. The van der Waals surface area contributed by atoms with Gasteiger partial charge < -0.3 is 15.0 Å². The van der Waals surface area contributed by atoms with Gasteiger partial charge in [0.25, 0.3) is 10.0 Å². The second-order valence-corrected chi connectivity index (χ2v) is 11.0. The average molecular weight is 524 g/mol. The quantitative estimate of drug-likeness (QED) is 0.409. The van der Waals surface area contributed by atoms with Gasteiger partial charge in [0.2, 0.25) is 11.8 Å². The van der Waals surface area contributed by atoms with Crippen LogP contribution in [0.1, 0.15) is 38.7 Å². The van der Waals surface area contributed by atoms with Crippen molar-refractivity contribution in [2.75, 3.05) is 24.5 Å². The van der Waals surface area contributed by atoms with Gasteiger partial charge in [-0.3, -0.25) is 13.9 Å². The number of anilines is 1. The van der Waals surface area contributed by atoms with Crippen LogP contribution in [0, 0.1) is 0 Å². The molecule has 1 aliphatic rings. The average Bonchev–Trinajstić information content (AvgIpc) is 3.13. The molecular formula is C28H33N3O5S. The molecule has 1 N–H and O–H groups in total. The summed E-state index contributed by atoms with van der Waals surface area (Å²) in [6.45, 7) is 4.66. The molecule has 0 radical (unpaired) electrons. The molecule has 0 saturated heterocycles. The zero-order valence-electron chi connectivity index (χ0n) is 21.4. The second kappa shape index (κ2) is 11.2. The predicted molar refractivity (Wildman–Crippen MR) is 144 cm³/mol. The van der Waals surface area contributed by atoms with E-state index in [4.69, 9.17) is 4.74 Å². The minimum absolute atomic E-state index is 0.111. The lowest BCUT2D eigenvalue weighted by atomic mass is 10.1. The molecule has 0 aromatic heterocycles. The number of benzene rings is 3. The number of nitrogens with one attached hydrogen (secondary N) is 1. The molecule has 37 heavy (non-hydrogen) atoms. The number of carbonyl (C=O) groups excluding carboxylic acids is 2. The zero-order chi connectivity index (χ0) is 26.6. The molecular weight excluding hydrogens is 490 g/mol. The van der Waals surface area contributed by atoms with Gasteiger partial charge in [0.1, 0.15) is 11.8 Å². The molecule has 1 heterocycles. The molecule has 3 aromatic rings. The van der Waals surface area contributed by atoms with E-state index in [1.54, 1.807) is 37.1 Å². The van der Waals surface area contributed by atoms with Gasteiger partial charge in [-0.15, -0.1) is 0 Å². The van der Waals surface area contributed by atoms with Crippen molar-refractivity contribution < 1.29 is 22.7 Å². The van der Waals surface area contributed by atoms with E-state index >= 15 is 0 Å². The van der Waals surface area contributed by atoms with Gasteiger partial charge in [-0.1, -0.05) is 43.3 Å². The van der Waals surface area contributed by atoms with Crippen molar-refractivity contribution in [3.8, 4) is 5.75 Å². The minimum atomic E-state index is -3.68. The van der Waals surface area contributed by atoms with Gasteiger partial charge in [0, 0.05) is 31.4 Å². The molecule has 196 valence electrons. The first kappa shape index (κ1) is 26.5. The third kappa shape index (κ3) is 5.41. The predicted octanol–water partition coefficient (Wildman–Crippen LogP) is 4.08. The summed E-state index contributed by atoms with van der Waals surface area (Å²) in [6.07, 6.45) is 1.23. The highest BCUT2D eigenvalue weighted by molar-refractivity contribution is 7.93. The number of sulfonamides is 1. The van der Waals surface area contributed by atoms with E-state index in [1.165, 1.54) is 4.31 Å². The van der Waals surface area contributed by atoms with E-state index in [-0.39, 0.29) is 31.3 Å². The summed E-state index contributed by atoms with van der Waals surface area (Å²) < 4.78 is 33.1. The van der Waals surface area contributed by atoms with Crippen LogP contribution < -0.4 is 14.4 Å². The highest BCUT2D eigenvalue weighted by Gasteiger charge is 2.35. The number of rotatable bonds is 11. The van der Waals surface area contributed by atoms with E-state index < -0.39 is 16.1 Å². The topological polar surface area (TPSA) is 96.0 Å². The molecule has 3 aromatic carbocycles.